The van der Waals surface area contributed by atoms with Gasteiger partial charge in [0.05, 0.1) is 5.41 Å². The second kappa shape index (κ2) is 4.09. The lowest BCUT2D eigenvalue weighted by Crippen LogP contribution is -2.26. The Morgan fingerprint density at radius 1 is 0.950 bits per heavy atom. The van der Waals surface area contributed by atoms with Gasteiger partial charge in [-0.25, -0.2) is 0 Å². The summed E-state index contributed by atoms with van der Waals surface area (Å²) >= 11 is 0. The van der Waals surface area contributed by atoms with Crippen molar-refractivity contribution < 1.29 is 9.53 Å². The lowest BCUT2D eigenvalue weighted by molar-refractivity contribution is -0.137. The number of rotatable bonds is 0. The van der Waals surface area contributed by atoms with Crippen LogP contribution >= 0.6 is 0 Å². The maximum atomic E-state index is 12.2. The second-order valence-corrected chi connectivity index (χ2v) is 8.42. The fraction of sp³-hybridized carbons (Fsp3) is 0.611. The number of hydrogen-bond acceptors (Lipinski definition) is 2. The lowest BCUT2D eigenvalue weighted by Gasteiger charge is -2.27. The number of hydrogen-bond donors (Lipinski definition) is 0. The molecule has 0 saturated heterocycles. The first-order valence-electron chi connectivity index (χ1n) is 7.27. The van der Waals surface area contributed by atoms with E-state index >= 15 is 0 Å². The van der Waals surface area contributed by atoms with Gasteiger partial charge in [-0.05, 0) is 30.2 Å². The van der Waals surface area contributed by atoms with Gasteiger partial charge < -0.3 is 4.74 Å². The Labute approximate surface area is 122 Å². The highest BCUT2D eigenvalue weighted by atomic mass is 16.5. The van der Waals surface area contributed by atoms with Crippen molar-refractivity contribution >= 4 is 5.97 Å². The van der Waals surface area contributed by atoms with E-state index in [1.807, 2.05) is 13.8 Å². The summed E-state index contributed by atoms with van der Waals surface area (Å²) in [6.07, 6.45) is 0. The van der Waals surface area contributed by atoms with Crippen molar-refractivity contribution in [1.29, 1.82) is 0 Å². The van der Waals surface area contributed by atoms with Crippen molar-refractivity contribution in [2.24, 2.45) is 0 Å². The standard InChI is InChI=1S/C18H26O2/c1-16(2,3)11-9-12(17(4,5)6)14-13(10-11)18(7,8)15(19)20-14/h9-10H,1-8H3. The van der Waals surface area contributed by atoms with Crippen LogP contribution in [-0.2, 0) is 21.0 Å². The average Bonchev–Trinajstić information content (AvgIpc) is 2.46. The van der Waals surface area contributed by atoms with Gasteiger partial charge in [-0.2, -0.15) is 0 Å². The molecule has 0 N–H and O–H groups in total. The zero-order chi connectivity index (χ0) is 15.5. The molecule has 1 aromatic carbocycles. The molecule has 1 aromatic rings. The van der Waals surface area contributed by atoms with Crippen LogP contribution in [0.4, 0.5) is 0 Å². The van der Waals surface area contributed by atoms with Crippen molar-refractivity contribution in [3.05, 3.63) is 28.8 Å². The van der Waals surface area contributed by atoms with E-state index in [0.717, 1.165) is 16.9 Å². The molecule has 2 heteroatoms. The van der Waals surface area contributed by atoms with Crippen molar-refractivity contribution in [2.45, 2.75) is 71.6 Å². The largest absolute Gasteiger partial charge is 0.425 e. The molecule has 0 bridgehead atoms. The molecular formula is C18H26O2. The molecule has 0 aromatic heterocycles. The first-order valence-corrected chi connectivity index (χ1v) is 7.27. The minimum absolute atomic E-state index is 0.0496. The molecule has 0 amide bonds. The molecule has 0 aliphatic carbocycles. The smallest absolute Gasteiger partial charge is 0.321 e. The number of benzene rings is 1. The highest BCUT2D eigenvalue weighted by molar-refractivity contribution is 5.90. The van der Waals surface area contributed by atoms with Gasteiger partial charge in [-0.1, -0.05) is 53.7 Å². The minimum atomic E-state index is -0.559. The van der Waals surface area contributed by atoms with Crippen LogP contribution in [0, 0.1) is 0 Å². The van der Waals surface area contributed by atoms with Gasteiger partial charge >= 0.3 is 5.97 Å². The topological polar surface area (TPSA) is 26.3 Å². The molecule has 1 heterocycles. The number of carbonyl (C=O) groups is 1. The van der Waals surface area contributed by atoms with E-state index in [0.29, 0.717) is 0 Å². The maximum absolute atomic E-state index is 12.2. The Kier molecular flexibility index (Phi) is 3.09. The lowest BCUT2D eigenvalue weighted by atomic mass is 9.75. The molecule has 1 aliphatic rings. The van der Waals surface area contributed by atoms with Crippen LogP contribution < -0.4 is 4.74 Å². The van der Waals surface area contributed by atoms with E-state index in [1.54, 1.807) is 0 Å². The van der Waals surface area contributed by atoms with Gasteiger partial charge in [0.2, 0.25) is 0 Å². The molecule has 2 nitrogen and oxygen atoms in total. The van der Waals surface area contributed by atoms with E-state index in [2.05, 4.69) is 53.7 Å². The summed E-state index contributed by atoms with van der Waals surface area (Å²) in [5.74, 6) is 0.629. The highest BCUT2D eigenvalue weighted by Gasteiger charge is 2.44. The summed E-state index contributed by atoms with van der Waals surface area (Å²) in [5.41, 5.74) is 2.85. The van der Waals surface area contributed by atoms with Crippen molar-refractivity contribution in [1.82, 2.24) is 0 Å². The molecule has 0 radical (unpaired) electrons. The zero-order valence-electron chi connectivity index (χ0n) is 14.0. The second-order valence-electron chi connectivity index (χ2n) is 8.42. The van der Waals surface area contributed by atoms with E-state index < -0.39 is 5.41 Å². The fourth-order valence-electron chi connectivity index (χ4n) is 2.52. The van der Waals surface area contributed by atoms with E-state index in [-0.39, 0.29) is 16.8 Å². The predicted octanol–water partition coefficient (Wildman–Crippen LogP) is 4.48. The van der Waals surface area contributed by atoms with Gasteiger partial charge in [0, 0.05) is 11.1 Å². The van der Waals surface area contributed by atoms with Gasteiger partial charge in [0.25, 0.3) is 0 Å². The number of ether oxygens (including phenoxy) is 1. The molecule has 0 unspecified atom stereocenters. The number of esters is 1. The molecule has 0 fully saturated rings. The van der Waals surface area contributed by atoms with E-state index in [9.17, 15) is 4.79 Å². The Morgan fingerprint density at radius 3 is 1.95 bits per heavy atom. The summed E-state index contributed by atoms with van der Waals surface area (Å²) in [4.78, 5) is 12.2. The van der Waals surface area contributed by atoms with Gasteiger partial charge in [-0.15, -0.1) is 0 Å². The zero-order valence-corrected chi connectivity index (χ0v) is 14.0. The summed E-state index contributed by atoms with van der Waals surface area (Å²) in [6, 6.07) is 4.35. The van der Waals surface area contributed by atoms with Crippen LogP contribution in [0.2, 0.25) is 0 Å². The number of fused-ring (bicyclic) bond motifs is 1. The molecule has 0 atom stereocenters. The quantitative estimate of drug-likeness (QED) is 0.515. The van der Waals surface area contributed by atoms with Crippen molar-refractivity contribution in [2.75, 3.05) is 0 Å². The third-order valence-corrected chi connectivity index (χ3v) is 4.14. The highest BCUT2D eigenvalue weighted by Crippen LogP contribution is 2.47. The normalized spacial score (nSPS) is 17.9. The third-order valence-electron chi connectivity index (χ3n) is 4.14. The van der Waals surface area contributed by atoms with Crippen LogP contribution in [0.1, 0.15) is 72.1 Å². The molecule has 110 valence electrons. The van der Waals surface area contributed by atoms with Crippen LogP contribution in [-0.4, -0.2) is 5.97 Å². The Bertz CT molecular complexity index is 566. The molecular weight excluding hydrogens is 248 g/mol. The summed E-state index contributed by atoms with van der Waals surface area (Å²) in [7, 11) is 0. The van der Waals surface area contributed by atoms with Crippen LogP contribution in [0.15, 0.2) is 12.1 Å². The first kappa shape index (κ1) is 15.1. The fourth-order valence-corrected chi connectivity index (χ4v) is 2.52. The molecule has 0 spiro atoms. The van der Waals surface area contributed by atoms with E-state index in [4.69, 9.17) is 4.74 Å². The van der Waals surface area contributed by atoms with Gasteiger partial charge in [0.1, 0.15) is 5.75 Å². The number of carbonyl (C=O) groups excluding carboxylic acids is 1. The Hall–Kier alpha value is -1.31. The molecule has 0 saturated carbocycles. The Morgan fingerprint density at radius 2 is 1.50 bits per heavy atom. The molecule has 1 aliphatic heterocycles. The maximum Gasteiger partial charge on any atom is 0.321 e. The SMILES string of the molecule is CC(C)(C)c1cc(C(C)(C)C)c2c(c1)C(C)(C)C(=O)O2. The summed E-state index contributed by atoms with van der Waals surface area (Å²) in [5, 5.41) is 0. The molecule has 2 rings (SSSR count). The van der Waals surface area contributed by atoms with Crippen molar-refractivity contribution in [3.8, 4) is 5.75 Å². The van der Waals surface area contributed by atoms with Gasteiger partial charge in [0.15, 0.2) is 0 Å². The minimum Gasteiger partial charge on any atom is -0.425 e. The summed E-state index contributed by atoms with van der Waals surface area (Å²) < 4.78 is 5.61. The summed E-state index contributed by atoms with van der Waals surface area (Å²) in [6.45, 7) is 17.0. The van der Waals surface area contributed by atoms with Gasteiger partial charge in [-0.3, -0.25) is 4.79 Å². The van der Waals surface area contributed by atoms with Crippen LogP contribution in [0.3, 0.4) is 0 Å². The predicted molar refractivity (Wildman–Crippen MR) is 82.5 cm³/mol. The van der Waals surface area contributed by atoms with Crippen LogP contribution in [0.5, 0.6) is 5.75 Å². The third kappa shape index (κ3) is 2.25. The first-order chi connectivity index (χ1) is 8.85. The van der Waals surface area contributed by atoms with E-state index in [1.165, 1.54) is 5.56 Å². The monoisotopic (exact) mass is 274 g/mol. The van der Waals surface area contributed by atoms with Crippen molar-refractivity contribution in [3.63, 3.8) is 0 Å². The average molecular weight is 274 g/mol. The molecule has 20 heavy (non-hydrogen) atoms. The van der Waals surface area contributed by atoms with Crippen LogP contribution in [0.25, 0.3) is 0 Å². The Balaban J connectivity index is 2.79.